The molecule has 0 bridgehead atoms. The Labute approximate surface area is 84.8 Å². The van der Waals surface area contributed by atoms with Gasteiger partial charge in [0, 0.05) is 6.42 Å². The van der Waals surface area contributed by atoms with Crippen molar-refractivity contribution in [3.8, 4) is 0 Å². The topological polar surface area (TPSA) is 57.5 Å². The van der Waals surface area contributed by atoms with Crippen LogP contribution >= 0.6 is 0 Å². The first-order valence-corrected chi connectivity index (χ1v) is 4.90. The molecule has 0 radical (unpaired) electrons. The van der Waals surface area contributed by atoms with Crippen LogP contribution in [-0.4, -0.2) is 22.8 Å². The second kappa shape index (κ2) is 9.99. The van der Waals surface area contributed by atoms with E-state index in [-0.39, 0.29) is 13.0 Å². The Morgan fingerprint density at radius 1 is 1.00 bits per heavy atom. The number of allylic oxidation sites excluding steroid dienone is 3. The van der Waals surface area contributed by atoms with E-state index in [1.807, 2.05) is 18.2 Å². The second-order valence-electron chi connectivity index (χ2n) is 2.99. The zero-order valence-corrected chi connectivity index (χ0v) is 8.35. The number of aliphatic carboxylic acids is 1. The lowest BCUT2D eigenvalue weighted by Crippen LogP contribution is -1.91. The zero-order valence-electron chi connectivity index (χ0n) is 8.35. The minimum atomic E-state index is -0.750. The van der Waals surface area contributed by atoms with Gasteiger partial charge in [-0.25, -0.2) is 0 Å². The van der Waals surface area contributed by atoms with Gasteiger partial charge in [-0.15, -0.1) is 0 Å². The van der Waals surface area contributed by atoms with Gasteiger partial charge in [-0.3, -0.25) is 4.79 Å². The summed E-state index contributed by atoms with van der Waals surface area (Å²) in [6.07, 6.45) is 11.4. The van der Waals surface area contributed by atoms with Crippen LogP contribution in [0.3, 0.4) is 0 Å². The summed E-state index contributed by atoms with van der Waals surface area (Å²) >= 11 is 0. The molecule has 0 heterocycles. The Morgan fingerprint density at radius 3 is 2.14 bits per heavy atom. The number of hydrogen-bond donors (Lipinski definition) is 2. The maximum absolute atomic E-state index is 10.1. The van der Waals surface area contributed by atoms with Crippen LogP contribution in [0.4, 0.5) is 0 Å². The third-order valence-electron chi connectivity index (χ3n) is 1.71. The number of aliphatic hydroxyl groups excluding tert-OH is 1. The fraction of sp³-hybridized carbons (Fsp3) is 0.545. The molecule has 0 atom stereocenters. The lowest BCUT2D eigenvalue weighted by molar-refractivity contribution is -0.136. The van der Waals surface area contributed by atoms with Gasteiger partial charge in [-0.05, 0) is 25.7 Å². The van der Waals surface area contributed by atoms with Crippen LogP contribution in [-0.2, 0) is 4.79 Å². The van der Waals surface area contributed by atoms with Crippen LogP contribution in [0, 0.1) is 0 Å². The predicted octanol–water partition coefficient (Wildman–Crippen LogP) is 2.13. The van der Waals surface area contributed by atoms with Gasteiger partial charge in [0.1, 0.15) is 0 Å². The molecular weight excluding hydrogens is 180 g/mol. The van der Waals surface area contributed by atoms with Gasteiger partial charge in [-0.1, -0.05) is 24.3 Å². The molecule has 3 heteroatoms. The first kappa shape index (κ1) is 12.9. The number of hydrogen-bond acceptors (Lipinski definition) is 2. The number of aliphatic hydroxyl groups is 1. The molecule has 0 rings (SSSR count). The number of carboxylic acids is 1. The highest BCUT2D eigenvalue weighted by Gasteiger charge is 1.90. The van der Waals surface area contributed by atoms with E-state index < -0.39 is 5.97 Å². The molecule has 0 aromatic carbocycles. The van der Waals surface area contributed by atoms with Gasteiger partial charge in [0.15, 0.2) is 0 Å². The molecule has 0 fully saturated rings. The van der Waals surface area contributed by atoms with Gasteiger partial charge in [-0.2, -0.15) is 0 Å². The van der Waals surface area contributed by atoms with Crippen molar-refractivity contribution in [2.45, 2.75) is 32.1 Å². The molecule has 0 amide bonds. The molecule has 0 aliphatic rings. The lowest BCUT2D eigenvalue weighted by Gasteiger charge is -1.90. The van der Waals surface area contributed by atoms with Crippen molar-refractivity contribution in [3.63, 3.8) is 0 Å². The van der Waals surface area contributed by atoms with Crippen LogP contribution in [0.1, 0.15) is 32.1 Å². The number of carboxylic acid groups (broad SMARTS) is 1. The standard InChI is InChI=1S/C11H18O3/c12-10-8-6-4-2-1-3-5-7-9-11(13)14/h3,5-6,8,12H,1-2,4,7,9-10H2,(H,13,14). The highest BCUT2D eigenvalue weighted by molar-refractivity contribution is 5.66. The Morgan fingerprint density at radius 2 is 1.57 bits per heavy atom. The summed E-state index contributed by atoms with van der Waals surface area (Å²) in [6.45, 7) is 0.106. The van der Waals surface area contributed by atoms with Crippen molar-refractivity contribution < 1.29 is 15.0 Å². The largest absolute Gasteiger partial charge is 0.481 e. The van der Waals surface area contributed by atoms with Crippen LogP contribution in [0.25, 0.3) is 0 Å². The van der Waals surface area contributed by atoms with Crippen LogP contribution < -0.4 is 0 Å². The summed E-state index contributed by atoms with van der Waals surface area (Å²) in [7, 11) is 0. The molecule has 3 nitrogen and oxygen atoms in total. The maximum Gasteiger partial charge on any atom is 0.303 e. The summed E-state index contributed by atoms with van der Waals surface area (Å²) in [5.74, 6) is -0.750. The first-order chi connectivity index (χ1) is 6.77. The Balaban J connectivity index is 3.18. The Bertz CT molecular complexity index is 195. The van der Waals surface area contributed by atoms with E-state index in [2.05, 4.69) is 0 Å². The third kappa shape index (κ3) is 10.9. The first-order valence-electron chi connectivity index (χ1n) is 4.90. The van der Waals surface area contributed by atoms with E-state index in [0.29, 0.717) is 6.42 Å². The fourth-order valence-electron chi connectivity index (χ4n) is 0.988. The minimum absolute atomic E-state index is 0.106. The monoisotopic (exact) mass is 198 g/mol. The normalized spacial score (nSPS) is 11.5. The molecule has 0 aromatic heterocycles. The molecule has 0 saturated carbocycles. The summed E-state index contributed by atoms with van der Waals surface area (Å²) in [4.78, 5) is 10.1. The van der Waals surface area contributed by atoms with E-state index in [1.165, 1.54) is 0 Å². The van der Waals surface area contributed by atoms with E-state index in [9.17, 15) is 4.79 Å². The van der Waals surface area contributed by atoms with E-state index in [1.54, 1.807) is 6.08 Å². The second-order valence-corrected chi connectivity index (χ2v) is 2.99. The zero-order chi connectivity index (χ0) is 10.6. The predicted molar refractivity (Wildman–Crippen MR) is 56.1 cm³/mol. The minimum Gasteiger partial charge on any atom is -0.481 e. The van der Waals surface area contributed by atoms with Crippen LogP contribution in [0.15, 0.2) is 24.3 Å². The smallest absolute Gasteiger partial charge is 0.303 e. The van der Waals surface area contributed by atoms with Gasteiger partial charge in [0.25, 0.3) is 0 Å². The molecule has 0 saturated heterocycles. The molecule has 0 aliphatic heterocycles. The van der Waals surface area contributed by atoms with Gasteiger partial charge in [0.2, 0.25) is 0 Å². The molecule has 0 aliphatic carbocycles. The van der Waals surface area contributed by atoms with E-state index >= 15 is 0 Å². The highest BCUT2D eigenvalue weighted by atomic mass is 16.4. The molecular formula is C11H18O3. The van der Waals surface area contributed by atoms with Crippen molar-refractivity contribution in [1.82, 2.24) is 0 Å². The fourth-order valence-corrected chi connectivity index (χ4v) is 0.988. The van der Waals surface area contributed by atoms with Crippen molar-refractivity contribution in [1.29, 1.82) is 0 Å². The van der Waals surface area contributed by atoms with Crippen LogP contribution in [0.5, 0.6) is 0 Å². The van der Waals surface area contributed by atoms with E-state index in [0.717, 1.165) is 19.3 Å². The quantitative estimate of drug-likeness (QED) is 0.464. The van der Waals surface area contributed by atoms with Crippen molar-refractivity contribution >= 4 is 5.97 Å². The van der Waals surface area contributed by atoms with Gasteiger partial charge in [0.05, 0.1) is 6.61 Å². The van der Waals surface area contributed by atoms with Crippen LogP contribution in [0.2, 0.25) is 0 Å². The van der Waals surface area contributed by atoms with Gasteiger partial charge < -0.3 is 10.2 Å². The third-order valence-corrected chi connectivity index (χ3v) is 1.71. The number of unbranched alkanes of at least 4 members (excludes halogenated alkanes) is 2. The molecule has 2 N–H and O–H groups in total. The highest BCUT2D eigenvalue weighted by Crippen LogP contribution is 1.99. The maximum atomic E-state index is 10.1. The number of rotatable bonds is 8. The summed E-state index contributed by atoms with van der Waals surface area (Å²) in [5, 5.41) is 16.8. The Kier molecular flexibility index (Phi) is 9.22. The molecule has 0 unspecified atom stereocenters. The van der Waals surface area contributed by atoms with E-state index in [4.69, 9.17) is 10.2 Å². The Hall–Kier alpha value is -1.09. The molecule has 80 valence electrons. The lowest BCUT2D eigenvalue weighted by atomic mass is 10.2. The summed E-state index contributed by atoms with van der Waals surface area (Å²) < 4.78 is 0. The van der Waals surface area contributed by atoms with Gasteiger partial charge >= 0.3 is 5.97 Å². The average Bonchev–Trinajstić information content (AvgIpc) is 2.15. The van der Waals surface area contributed by atoms with Crippen molar-refractivity contribution in [2.24, 2.45) is 0 Å². The molecule has 0 spiro atoms. The van der Waals surface area contributed by atoms with Crippen molar-refractivity contribution in [2.75, 3.05) is 6.61 Å². The molecule has 14 heavy (non-hydrogen) atoms. The SMILES string of the molecule is O=C(O)CCC=CCCCC=CCO. The number of carbonyl (C=O) groups is 1. The average molecular weight is 198 g/mol. The summed E-state index contributed by atoms with van der Waals surface area (Å²) in [6, 6.07) is 0. The summed E-state index contributed by atoms with van der Waals surface area (Å²) in [5.41, 5.74) is 0. The molecule has 0 aromatic rings. The van der Waals surface area contributed by atoms with Crippen molar-refractivity contribution in [3.05, 3.63) is 24.3 Å².